The molecule has 0 spiro atoms. The van der Waals surface area contributed by atoms with Gasteiger partial charge in [0.05, 0.1) is 6.07 Å². The molecule has 0 heterocycles. The second-order valence-corrected chi connectivity index (χ2v) is 3.03. The Hall–Kier alpha value is -1.03. The third kappa shape index (κ3) is 3.04. The largest absolute Gasteiger partial charge is 0.315 e. The van der Waals surface area contributed by atoms with Crippen molar-refractivity contribution >= 4 is 0 Å². The summed E-state index contributed by atoms with van der Waals surface area (Å²) in [5, 5.41) is 8.54. The van der Waals surface area contributed by atoms with E-state index >= 15 is 0 Å². The first-order chi connectivity index (χ1) is 5.04. The van der Waals surface area contributed by atoms with Crippen LogP contribution in [0.5, 0.6) is 0 Å². The van der Waals surface area contributed by atoms with Crippen molar-refractivity contribution in [2.24, 2.45) is 11.1 Å². The highest BCUT2D eigenvalue weighted by Gasteiger charge is 2.22. The zero-order valence-electron chi connectivity index (χ0n) is 7.26. The Morgan fingerprint density at radius 1 is 1.55 bits per heavy atom. The minimum atomic E-state index is -0.463. The van der Waals surface area contributed by atoms with Gasteiger partial charge in [0.25, 0.3) is 0 Å². The van der Waals surface area contributed by atoms with E-state index in [1.165, 1.54) is 0 Å². The van der Waals surface area contributed by atoms with E-state index in [2.05, 4.69) is 5.73 Å². The highest BCUT2D eigenvalue weighted by Crippen LogP contribution is 2.19. The highest BCUT2D eigenvalue weighted by molar-refractivity contribution is 5.07. The van der Waals surface area contributed by atoms with Crippen LogP contribution in [0.15, 0.2) is 17.9 Å². The molecule has 0 bridgehead atoms. The molecule has 0 radical (unpaired) electrons. The molecule has 1 unspecified atom stereocenters. The van der Waals surface area contributed by atoms with Gasteiger partial charge in [-0.05, 0) is 19.1 Å². The molecule has 2 nitrogen and oxygen atoms in total. The first kappa shape index (κ1) is 9.97. The summed E-state index contributed by atoms with van der Waals surface area (Å²) >= 11 is 0. The lowest BCUT2D eigenvalue weighted by atomic mass is 9.86. The zero-order valence-corrected chi connectivity index (χ0v) is 7.26. The van der Waals surface area contributed by atoms with Crippen LogP contribution in [0.25, 0.3) is 0 Å². The van der Waals surface area contributed by atoms with Crippen molar-refractivity contribution in [3.63, 3.8) is 0 Å². The molecular weight excluding hydrogens is 136 g/mol. The summed E-state index contributed by atoms with van der Waals surface area (Å²) in [7, 11) is 0. The Bertz CT molecular complexity index is 214. The summed E-state index contributed by atoms with van der Waals surface area (Å²) in [6.45, 7) is 5.71. The molecule has 0 aromatic carbocycles. The van der Waals surface area contributed by atoms with Crippen LogP contribution < -0.4 is 5.73 Å². The Balaban J connectivity index is 4.48. The van der Waals surface area contributed by atoms with Gasteiger partial charge in [-0.15, -0.1) is 5.73 Å². The second-order valence-electron chi connectivity index (χ2n) is 3.03. The minimum Gasteiger partial charge on any atom is -0.315 e. The van der Waals surface area contributed by atoms with E-state index in [1.54, 1.807) is 6.08 Å². The van der Waals surface area contributed by atoms with Crippen molar-refractivity contribution in [3.8, 4) is 6.07 Å². The van der Waals surface area contributed by atoms with Crippen molar-refractivity contribution in [2.45, 2.75) is 26.8 Å². The predicted octanol–water partition coefficient (Wildman–Crippen LogP) is 1.59. The van der Waals surface area contributed by atoms with Crippen molar-refractivity contribution in [2.75, 3.05) is 0 Å². The number of hydrogen-bond donors (Lipinski definition) is 1. The number of nitrogens with two attached hydrogens (primary N) is 1. The van der Waals surface area contributed by atoms with Gasteiger partial charge in [0.1, 0.15) is 6.04 Å². The molecule has 1 atom stereocenters. The van der Waals surface area contributed by atoms with Crippen LogP contribution >= 0.6 is 0 Å². The lowest BCUT2D eigenvalue weighted by Gasteiger charge is -2.20. The van der Waals surface area contributed by atoms with Crippen LogP contribution in [-0.4, -0.2) is 6.04 Å². The molecular formula is C9H14N2. The van der Waals surface area contributed by atoms with Crippen LogP contribution in [0, 0.1) is 16.7 Å². The maximum atomic E-state index is 8.54. The predicted molar refractivity (Wildman–Crippen MR) is 45.7 cm³/mol. The van der Waals surface area contributed by atoms with Crippen LogP contribution in [0.3, 0.4) is 0 Å². The summed E-state index contributed by atoms with van der Waals surface area (Å²) in [6.07, 6.45) is 3.62. The summed E-state index contributed by atoms with van der Waals surface area (Å²) in [4.78, 5) is 0. The third-order valence-corrected chi connectivity index (χ3v) is 1.56. The smallest absolute Gasteiger partial charge is 0.102 e. The molecule has 0 aliphatic carbocycles. The average Bonchev–Trinajstić information content (AvgIpc) is 1.99. The van der Waals surface area contributed by atoms with Crippen molar-refractivity contribution in [3.05, 3.63) is 17.9 Å². The van der Waals surface area contributed by atoms with E-state index in [-0.39, 0.29) is 5.41 Å². The highest BCUT2D eigenvalue weighted by atomic mass is 14.7. The van der Waals surface area contributed by atoms with Crippen LogP contribution in [0.1, 0.15) is 20.8 Å². The monoisotopic (exact) mass is 150 g/mol. The Morgan fingerprint density at radius 2 is 2.09 bits per heavy atom. The molecule has 0 amide bonds. The molecule has 0 saturated heterocycles. The molecule has 0 aliphatic heterocycles. The topological polar surface area (TPSA) is 49.8 Å². The first-order valence-electron chi connectivity index (χ1n) is 3.58. The maximum Gasteiger partial charge on any atom is 0.102 e. The van der Waals surface area contributed by atoms with Gasteiger partial charge in [0, 0.05) is 5.41 Å². The Morgan fingerprint density at radius 3 is 2.45 bits per heavy atom. The lowest BCUT2D eigenvalue weighted by Crippen LogP contribution is -2.34. The number of nitriles is 1. The van der Waals surface area contributed by atoms with E-state index in [1.807, 2.05) is 32.9 Å². The van der Waals surface area contributed by atoms with E-state index in [4.69, 9.17) is 11.0 Å². The van der Waals surface area contributed by atoms with E-state index in [0.717, 1.165) is 0 Å². The van der Waals surface area contributed by atoms with Gasteiger partial charge in [-0.3, -0.25) is 0 Å². The fraction of sp³-hybridized carbons (Fsp3) is 0.556. The Labute approximate surface area is 68.0 Å². The summed E-state index contributed by atoms with van der Waals surface area (Å²) in [5.74, 6) is 0. The average molecular weight is 150 g/mol. The van der Waals surface area contributed by atoms with Gasteiger partial charge < -0.3 is 5.73 Å². The van der Waals surface area contributed by atoms with Gasteiger partial charge in [0.15, 0.2) is 0 Å². The summed E-state index contributed by atoms with van der Waals surface area (Å²) in [6, 6.07) is 1.54. The molecule has 60 valence electrons. The van der Waals surface area contributed by atoms with Gasteiger partial charge >= 0.3 is 0 Å². The molecule has 0 fully saturated rings. The molecule has 2 heteroatoms. The van der Waals surface area contributed by atoms with Crippen molar-refractivity contribution < 1.29 is 0 Å². The summed E-state index contributed by atoms with van der Waals surface area (Å²) < 4.78 is 0. The van der Waals surface area contributed by atoms with E-state index in [9.17, 15) is 0 Å². The first-order valence-corrected chi connectivity index (χ1v) is 3.58. The van der Waals surface area contributed by atoms with Crippen molar-refractivity contribution in [1.82, 2.24) is 0 Å². The SMILES string of the molecule is CC=C=CC(C)(C)C(N)C#N. The molecule has 0 saturated carbocycles. The standard InChI is InChI=1S/C9H14N2/c1-4-5-6-9(2,3)8(11)7-10/h4,6,8H,11H2,1-3H3. The second kappa shape index (κ2) is 3.98. The fourth-order valence-corrected chi connectivity index (χ4v) is 0.554. The van der Waals surface area contributed by atoms with Crippen molar-refractivity contribution in [1.29, 1.82) is 5.26 Å². The lowest BCUT2D eigenvalue weighted by molar-refractivity contribution is 0.432. The minimum absolute atomic E-state index is 0.290. The van der Waals surface area contributed by atoms with Crippen LogP contribution in [-0.2, 0) is 0 Å². The molecule has 0 aromatic rings. The Kier molecular flexibility index (Phi) is 3.60. The number of rotatable bonds is 2. The molecule has 0 aromatic heterocycles. The fourth-order valence-electron chi connectivity index (χ4n) is 0.554. The normalized spacial score (nSPS) is 12.6. The zero-order chi connectivity index (χ0) is 8.91. The molecule has 2 N–H and O–H groups in total. The van der Waals surface area contributed by atoms with Crippen LogP contribution in [0.4, 0.5) is 0 Å². The molecule has 11 heavy (non-hydrogen) atoms. The molecule has 0 aliphatic rings. The maximum absolute atomic E-state index is 8.54. The van der Waals surface area contributed by atoms with Gasteiger partial charge in [0.2, 0.25) is 0 Å². The summed E-state index contributed by atoms with van der Waals surface area (Å²) in [5.41, 5.74) is 8.18. The third-order valence-electron chi connectivity index (χ3n) is 1.56. The van der Waals surface area contributed by atoms with Gasteiger partial charge in [-0.2, -0.15) is 5.26 Å². The van der Waals surface area contributed by atoms with E-state index in [0.29, 0.717) is 0 Å². The van der Waals surface area contributed by atoms with Gasteiger partial charge in [-0.25, -0.2) is 0 Å². The molecule has 0 rings (SSSR count). The van der Waals surface area contributed by atoms with Crippen LogP contribution in [0.2, 0.25) is 0 Å². The quantitative estimate of drug-likeness (QED) is 0.608. The van der Waals surface area contributed by atoms with Gasteiger partial charge in [-0.1, -0.05) is 13.8 Å². The number of hydrogen-bond acceptors (Lipinski definition) is 2. The number of nitrogens with zero attached hydrogens (tertiary/aromatic N) is 1. The van der Waals surface area contributed by atoms with E-state index < -0.39 is 6.04 Å².